The molecular weight excluding hydrogens is 330 g/mol. The van der Waals surface area contributed by atoms with Gasteiger partial charge in [-0.05, 0) is 76.1 Å². The zero-order valence-corrected chi connectivity index (χ0v) is 16.9. The molecule has 0 saturated heterocycles. The first-order valence-corrected chi connectivity index (χ1v) is 10.6. The van der Waals surface area contributed by atoms with Crippen molar-refractivity contribution >= 4 is 0 Å². The van der Waals surface area contributed by atoms with Crippen LogP contribution >= 0.6 is 0 Å². The quantitative estimate of drug-likeness (QED) is 0.414. The van der Waals surface area contributed by atoms with Crippen molar-refractivity contribution in [2.24, 2.45) is 0 Å². The molecule has 0 atom stereocenters. The number of benzene rings is 2. The van der Waals surface area contributed by atoms with E-state index in [1.807, 2.05) is 0 Å². The van der Waals surface area contributed by atoms with Crippen LogP contribution in [-0.4, -0.2) is 39.3 Å². The Hall–Kier alpha value is -1.68. The third kappa shape index (κ3) is 9.18. The molecule has 0 aliphatic rings. The van der Waals surface area contributed by atoms with Gasteiger partial charge < -0.3 is 16.0 Å². The van der Waals surface area contributed by atoms with Crippen molar-refractivity contribution in [3.8, 4) is 0 Å². The minimum atomic E-state index is 0.467. The Bertz CT molecular complexity index is 531. The minimum absolute atomic E-state index is 0.467. The first-order chi connectivity index (χ1) is 13.4. The van der Waals surface area contributed by atoms with Crippen molar-refractivity contribution in [1.29, 1.82) is 0 Å². The highest BCUT2D eigenvalue weighted by Crippen LogP contribution is 2.27. The zero-order chi connectivity index (χ0) is 19.0. The normalized spacial score (nSPS) is 11.2. The Balaban J connectivity index is 1.60. The van der Waals surface area contributed by atoms with E-state index in [4.69, 9.17) is 0 Å². The number of hydrogen-bond donors (Lipinski definition) is 3. The van der Waals surface area contributed by atoms with Gasteiger partial charge in [0.05, 0.1) is 0 Å². The predicted molar refractivity (Wildman–Crippen MR) is 117 cm³/mol. The zero-order valence-electron chi connectivity index (χ0n) is 16.9. The van der Waals surface area contributed by atoms with Crippen LogP contribution in [0.15, 0.2) is 60.7 Å². The molecule has 2 aromatic carbocycles. The second kappa shape index (κ2) is 14.4. The molecule has 0 fully saturated rings. The van der Waals surface area contributed by atoms with E-state index in [0.29, 0.717) is 5.92 Å². The van der Waals surface area contributed by atoms with Gasteiger partial charge in [0, 0.05) is 5.92 Å². The van der Waals surface area contributed by atoms with Crippen molar-refractivity contribution in [1.82, 2.24) is 16.0 Å². The smallest absolute Gasteiger partial charge is 0.0101 e. The van der Waals surface area contributed by atoms with Gasteiger partial charge in [0.15, 0.2) is 0 Å². The van der Waals surface area contributed by atoms with Gasteiger partial charge in [-0.15, -0.1) is 0 Å². The molecule has 0 aliphatic carbocycles. The van der Waals surface area contributed by atoms with E-state index in [0.717, 1.165) is 45.7 Å². The molecule has 0 saturated carbocycles. The van der Waals surface area contributed by atoms with Gasteiger partial charge in [-0.3, -0.25) is 0 Å². The first-order valence-electron chi connectivity index (χ1n) is 10.6. The summed E-state index contributed by atoms with van der Waals surface area (Å²) in [5.41, 5.74) is 2.81. The summed E-state index contributed by atoms with van der Waals surface area (Å²) in [6.45, 7) is 8.76. The lowest BCUT2D eigenvalue weighted by Gasteiger charge is -2.18. The predicted octanol–water partition coefficient (Wildman–Crippen LogP) is 4.17. The molecule has 148 valence electrons. The van der Waals surface area contributed by atoms with Crippen LogP contribution in [0.2, 0.25) is 0 Å². The highest BCUT2D eigenvalue weighted by molar-refractivity contribution is 5.32. The maximum absolute atomic E-state index is 3.62. The summed E-state index contributed by atoms with van der Waals surface area (Å²) in [5, 5.41) is 10.5. The molecule has 3 heteroatoms. The summed E-state index contributed by atoms with van der Waals surface area (Å²) in [6, 6.07) is 21.7. The van der Waals surface area contributed by atoms with Gasteiger partial charge in [-0.25, -0.2) is 0 Å². The Labute approximate surface area is 166 Å². The summed E-state index contributed by atoms with van der Waals surface area (Å²) in [6.07, 6.45) is 4.84. The summed E-state index contributed by atoms with van der Waals surface area (Å²) in [5.74, 6) is 0.467. The molecule has 2 aromatic rings. The second-order valence-electron chi connectivity index (χ2n) is 7.08. The van der Waals surface area contributed by atoms with Crippen molar-refractivity contribution in [3.05, 3.63) is 71.8 Å². The molecule has 3 N–H and O–H groups in total. The highest BCUT2D eigenvalue weighted by Gasteiger charge is 2.12. The third-order valence-electron chi connectivity index (χ3n) is 4.93. The lowest BCUT2D eigenvalue weighted by atomic mass is 9.88. The standard InChI is InChI=1S/C24H37N3/c1-2-25-17-9-10-18-26-19-11-20-27-21-16-24(22-12-5-3-6-13-22)23-14-7-4-8-15-23/h3-8,12-15,24-27H,2,9-11,16-21H2,1H3. The first kappa shape index (κ1) is 21.6. The molecule has 0 heterocycles. The Morgan fingerprint density at radius 3 is 1.63 bits per heavy atom. The Morgan fingerprint density at radius 2 is 1.07 bits per heavy atom. The summed E-state index contributed by atoms with van der Waals surface area (Å²) in [7, 11) is 0. The van der Waals surface area contributed by atoms with Gasteiger partial charge in [0.2, 0.25) is 0 Å². The van der Waals surface area contributed by atoms with Gasteiger partial charge in [-0.2, -0.15) is 0 Å². The number of nitrogens with one attached hydrogen (secondary N) is 3. The lowest BCUT2D eigenvalue weighted by Crippen LogP contribution is -2.24. The van der Waals surface area contributed by atoms with E-state index in [9.17, 15) is 0 Å². The molecule has 0 bridgehead atoms. The van der Waals surface area contributed by atoms with Crippen molar-refractivity contribution in [2.75, 3.05) is 39.3 Å². The average molecular weight is 368 g/mol. The number of rotatable bonds is 15. The van der Waals surface area contributed by atoms with Crippen LogP contribution in [0.3, 0.4) is 0 Å². The van der Waals surface area contributed by atoms with Crippen molar-refractivity contribution < 1.29 is 0 Å². The van der Waals surface area contributed by atoms with Crippen LogP contribution in [0, 0.1) is 0 Å². The summed E-state index contributed by atoms with van der Waals surface area (Å²) < 4.78 is 0. The molecule has 0 unspecified atom stereocenters. The Morgan fingerprint density at radius 1 is 0.593 bits per heavy atom. The highest BCUT2D eigenvalue weighted by atomic mass is 14.9. The number of hydrogen-bond acceptors (Lipinski definition) is 3. The van der Waals surface area contributed by atoms with Gasteiger partial charge in [-0.1, -0.05) is 67.6 Å². The summed E-state index contributed by atoms with van der Waals surface area (Å²) in [4.78, 5) is 0. The second-order valence-corrected chi connectivity index (χ2v) is 7.08. The minimum Gasteiger partial charge on any atom is -0.317 e. The van der Waals surface area contributed by atoms with Gasteiger partial charge in [0.1, 0.15) is 0 Å². The molecule has 0 aliphatic heterocycles. The van der Waals surface area contributed by atoms with E-state index >= 15 is 0 Å². The maximum Gasteiger partial charge on any atom is 0.0101 e. The van der Waals surface area contributed by atoms with Crippen LogP contribution in [0.1, 0.15) is 49.7 Å². The van der Waals surface area contributed by atoms with Crippen molar-refractivity contribution in [3.63, 3.8) is 0 Å². The van der Waals surface area contributed by atoms with E-state index in [1.54, 1.807) is 0 Å². The third-order valence-corrected chi connectivity index (χ3v) is 4.93. The fourth-order valence-corrected chi connectivity index (χ4v) is 3.41. The maximum atomic E-state index is 3.62. The van der Waals surface area contributed by atoms with E-state index in [2.05, 4.69) is 83.5 Å². The van der Waals surface area contributed by atoms with Gasteiger partial charge >= 0.3 is 0 Å². The average Bonchev–Trinajstić information content (AvgIpc) is 2.73. The SMILES string of the molecule is CCNCCCCNCCCNCCC(c1ccccc1)c1ccccc1. The van der Waals surface area contributed by atoms with Crippen LogP contribution < -0.4 is 16.0 Å². The van der Waals surface area contributed by atoms with E-state index in [1.165, 1.54) is 30.4 Å². The fraction of sp³-hybridized carbons (Fsp3) is 0.500. The molecule has 27 heavy (non-hydrogen) atoms. The monoisotopic (exact) mass is 367 g/mol. The molecule has 0 amide bonds. The number of unbranched alkanes of at least 4 members (excludes halogenated alkanes) is 1. The van der Waals surface area contributed by atoms with Gasteiger partial charge in [0.25, 0.3) is 0 Å². The van der Waals surface area contributed by atoms with E-state index in [-0.39, 0.29) is 0 Å². The molecule has 2 rings (SSSR count). The van der Waals surface area contributed by atoms with Crippen LogP contribution in [0.5, 0.6) is 0 Å². The largest absolute Gasteiger partial charge is 0.317 e. The molecule has 0 spiro atoms. The molecular formula is C24H37N3. The Kier molecular flexibility index (Phi) is 11.5. The molecule has 0 radical (unpaired) electrons. The van der Waals surface area contributed by atoms with Crippen LogP contribution in [-0.2, 0) is 0 Å². The van der Waals surface area contributed by atoms with E-state index < -0.39 is 0 Å². The molecule has 0 aromatic heterocycles. The van der Waals surface area contributed by atoms with Crippen LogP contribution in [0.25, 0.3) is 0 Å². The molecule has 3 nitrogen and oxygen atoms in total. The fourth-order valence-electron chi connectivity index (χ4n) is 3.41. The van der Waals surface area contributed by atoms with Crippen LogP contribution in [0.4, 0.5) is 0 Å². The topological polar surface area (TPSA) is 36.1 Å². The summed E-state index contributed by atoms with van der Waals surface area (Å²) >= 11 is 0. The lowest BCUT2D eigenvalue weighted by molar-refractivity contribution is 0.551. The van der Waals surface area contributed by atoms with Crippen molar-refractivity contribution in [2.45, 2.75) is 38.5 Å².